The average molecular weight is 288 g/mol. The van der Waals surface area contributed by atoms with Gasteiger partial charge in [0, 0.05) is 6.42 Å². The summed E-state index contributed by atoms with van der Waals surface area (Å²) in [4.78, 5) is 33.3. The molecule has 102 valence electrons. The van der Waals surface area contributed by atoms with Crippen LogP contribution in [0.1, 0.15) is 30.1 Å². The largest absolute Gasteiger partial charge is 0.478 e. The second kappa shape index (κ2) is 6.29. The zero-order valence-corrected chi connectivity index (χ0v) is 10.8. The molecule has 19 heavy (non-hydrogen) atoms. The van der Waals surface area contributed by atoms with E-state index in [1.54, 1.807) is 6.92 Å². The number of hydrogen-bond donors (Lipinski definition) is 2. The number of carboxylic acids is 1. The molecule has 1 rings (SSSR count). The monoisotopic (exact) mass is 287 g/mol. The second-order valence-electron chi connectivity index (χ2n) is 3.73. The van der Waals surface area contributed by atoms with Crippen molar-refractivity contribution in [2.75, 3.05) is 5.32 Å². The fraction of sp³-hybridized carbons (Fsp3) is 0.250. The van der Waals surface area contributed by atoms with Gasteiger partial charge < -0.3 is 10.4 Å². The third-order valence-corrected chi connectivity index (χ3v) is 2.63. The number of nitrogens with one attached hydrogen (secondary N) is 1. The Morgan fingerprint density at radius 2 is 2.00 bits per heavy atom. The minimum absolute atomic E-state index is 0.191. The van der Waals surface area contributed by atoms with Crippen molar-refractivity contribution in [3.8, 4) is 0 Å². The molecule has 0 radical (unpaired) electrons. The van der Waals surface area contributed by atoms with Crippen molar-refractivity contribution in [1.82, 2.24) is 0 Å². The van der Waals surface area contributed by atoms with Crippen LogP contribution in [0.3, 0.4) is 0 Å². The Kier molecular flexibility index (Phi) is 5.00. The number of benzene rings is 1. The molecule has 2 N–H and O–H groups in total. The minimum atomic E-state index is -1.34. The topological polar surface area (TPSA) is 83.5 Å². The lowest BCUT2D eigenvalue weighted by atomic mass is 10.1. The van der Waals surface area contributed by atoms with Gasteiger partial charge in [-0.2, -0.15) is 0 Å². The van der Waals surface area contributed by atoms with Crippen LogP contribution in [0.25, 0.3) is 0 Å². The van der Waals surface area contributed by atoms with Crippen molar-refractivity contribution >= 4 is 34.9 Å². The molecule has 1 aromatic rings. The SMILES string of the molecule is CCC(=O)CC(=O)Nc1cc(C(=O)O)c(Cl)cc1F. The molecular weight excluding hydrogens is 277 g/mol. The van der Waals surface area contributed by atoms with Crippen LogP contribution < -0.4 is 5.32 Å². The zero-order chi connectivity index (χ0) is 14.6. The Balaban J connectivity index is 2.95. The molecule has 1 amide bonds. The van der Waals surface area contributed by atoms with Gasteiger partial charge in [-0.3, -0.25) is 9.59 Å². The first-order valence-electron chi connectivity index (χ1n) is 5.39. The molecule has 0 heterocycles. The van der Waals surface area contributed by atoms with Gasteiger partial charge in [0.1, 0.15) is 11.6 Å². The number of hydrogen-bond acceptors (Lipinski definition) is 3. The highest BCUT2D eigenvalue weighted by Gasteiger charge is 2.16. The second-order valence-corrected chi connectivity index (χ2v) is 4.14. The van der Waals surface area contributed by atoms with Crippen molar-refractivity contribution in [2.45, 2.75) is 19.8 Å². The smallest absolute Gasteiger partial charge is 0.337 e. The maximum atomic E-state index is 13.5. The summed E-state index contributed by atoms with van der Waals surface area (Å²) in [6, 6.07) is 1.70. The molecule has 0 saturated heterocycles. The summed E-state index contributed by atoms with van der Waals surface area (Å²) in [5.74, 6) is -3.22. The molecule has 0 fully saturated rings. The third-order valence-electron chi connectivity index (χ3n) is 2.31. The lowest BCUT2D eigenvalue weighted by molar-refractivity contribution is -0.125. The average Bonchev–Trinajstić information content (AvgIpc) is 2.31. The molecular formula is C12H11ClFNO4. The van der Waals surface area contributed by atoms with Crippen LogP contribution in [-0.2, 0) is 9.59 Å². The summed E-state index contributed by atoms with van der Waals surface area (Å²) in [7, 11) is 0. The molecule has 0 aliphatic carbocycles. The highest BCUT2D eigenvalue weighted by atomic mass is 35.5. The highest BCUT2D eigenvalue weighted by molar-refractivity contribution is 6.33. The Morgan fingerprint density at radius 3 is 2.53 bits per heavy atom. The van der Waals surface area contributed by atoms with Crippen molar-refractivity contribution in [3.63, 3.8) is 0 Å². The number of carboxylic acid groups (broad SMARTS) is 1. The van der Waals surface area contributed by atoms with Gasteiger partial charge in [-0.05, 0) is 12.1 Å². The first-order valence-corrected chi connectivity index (χ1v) is 5.76. The Labute approximate surface area is 113 Å². The maximum absolute atomic E-state index is 13.5. The van der Waals surface area contributed by atoms with Crippen LogP contribution in [0.5, 0.6) is 0 Å². The quantitative estimate of drug-likeness (QED) is 0.815. The fourth-order valence-electron chi connectivity index (χ4n) is 1.31. The molecule has 0 aromatic heterocycles. The van der Waals surface area contributed by atoms with Gasteiger partial charge in [0.05, 0.1) is 22.7 Å². The Morgan fingerprint density at radius 1 is 1.37 bits per heavy atom. The number of Topliss-reactive ketones (excluding diaryl/α,β-unsaturated/α-hetero) is 1. The van der Waals surface area contributed by atoms with Crippen LogP contribution in [0.4, 0.5) is 10.1 Å². The summed E-state index contributed by atoms with van der Waals surface area (Å²) < 4.78 is 13.5. The van der Waals surface area contributed by atoms with Gasteiger partial charge in [-0.1, -0.05) is 18.5 Å². The molecule has 0 aliphatic rings. The van der Waals surface area contributed by atoms with Crippen LogP contribution in [0.2, 0.25) is 5.02 Å². The molecule has 0 saturated carbocycles. The number of aromatic carboxylic acids is 1. The van der Waals surface area contributed by atoms with E-state index in [0.29, 0.717) is 0 Å². The first-order chi connectivity index (χ1) is 8.85. The van der Waals surface area contributed by atoms with E-state index < -0.39 is 17.7 Å². The van der Waals surface area contributed by atoms with E-state index in [0.717, 1.165) is 12.1 Å². The van der Waals surface area contributed by atoms with Crippen LogP contribution in [0.15, 0.2) is 12.1 Å². The molecule has 5 nitrogen and oxygen atoms in total. The number of ketones is 1. The standard InChI is InChI=1S/C12H11ClFNO4/c1-2-6(16)3-11(17)15-10-4-7(12(18)19)8(13)5-9(10)14/h4-5H,2-3H2,1H3,(H,15,17)(H,18,19). The van der Waals surface area contributed by atoms with Crippen molar-refractivity contribution in [3.05, 3.63) is 28.5 Å². The fourth-order valence-corrected chi connectivity index (χ4v) is 1.54. The molecule has 0 bridgehead atoms. The predicted octanol–water partition coefficient (Wildman–Crippen LogP) is 2.49. The Hall–Kier alpha value is -1.95. The molecule has 1 aromatic carbocycles. The summed E-state index contributed by atoms with van der Waals surface area (Å²) in [5.41, 5.74) is -0.657. The summed E-state index contributed by atoms with van der Waals surface area (Å²) >= 11 is 5.55. The van der Waals surface area contributed by atoms with Crippen LogP contribution in [0, 0.1) is 5.82 Å². The van der Waals surface area contributed by atoms with E-state index in [-0.39, 0.29) is 34.9 Å². The lowest BCUT2D eigenvalue weighted by Gasteiger charge is -2.08. The molecule has 0 unspecified atom stereocenters. The zero-order valence-electron chi connectivity index (χ0n) is 10.00. The number of amides is 1. The number of anilines is 1. The van der Waals surface area contributed by atoms with E-state index in [9.17, 15) is 18.8 Å². The van der Waals surface area contributed by atoms with Gasteiger partial charge >= 0.3 is 5.97 Å². The van der Waals surface area contributed by atoms with E-state index in [1.165, 1.54) is 0 Å². The van der Waals surface area contributed by atoms with E-state index in [2.05, 4.69) is 5.32 Å². The summed E-state index contributed by atoms with van der Waals surface area (Å²) in [6.07, 6.45) is -0.197. The number of carbonyl (C=O) groups is 3. The van der Waals surface area contributed by atoms with E-state index >= 15 is 0 Å². The summed E-state index contributed by atoms with van der Waals surface area (Å²) in [6.45, 7) is 1.60. The molecule has 0 aliphatic heterocycles. The normalized spacial score (nSPS) is 10.1. The molecule has 0 atom stereocenters. The highest BCUT2D eigenvalue weighted by Crippen LogP contribution is 2.24. The van der Waals surface area contributed by atoms with Gasteiger partial charge in [0.15, 0.2) is 0 Å². The number of rotatable bonds is 5. The first kappa shape index (κ1) is 15.1. The molecule has 7 heteroatoms. The predicted molar refractivity (Wildman–Crippen MR) is 66.9 cm³/mol. The van der Waals surface area contributed by atoms with Crippen molar-refractivity contribution < 1.29 is 23.9 Å². The third kappa shape index (κ3) is 4.03. The molecule has 0 spiro atoms. The van der Waals surface area contributed by atoms with Gasteiger partial charge in [-0.25, -0.2) is 9.18 Å². The maximum Gasteiger partial charge on any atom is 0.337 e. The minimum Gasteiger partial charge on any atom is -0.478 e. The van der Waals surface area contributed by atoms with Crippen molar-refractivity contribution in [1.29, 1.82) is 0 Å². The van der Waals surface area contributed by atoms with Gasteiger partial charge in [0.2, 0.25) is 5.91 Å². The Bertz CT molecular complexity index is 545. The van der Waals surface area contributed by atoms with Crippen LogP contribution >= 0.6 is 11.6 Å². The van der Waals surface area contributed by atoms with Gasteiger partial charge in [0.25, 0.3) is 0 Å². The van der Waals surface area contributed by atoms with E-state index in [1.807, 2.05) is 0 Å². The lowest BCUT2D eigenvalue weighted by Crippen LogP contribution is -2.17. The van der Waals surface area contributed by atoms with Crippen LogP contribution in [-0.4, -0.2) is 22.8 Å². The van der Waals surface area contributed by atoms with Crippen molar-refractivity contribution in [2.24, 2.45) is 0 Å². The summed E-state index contributed by atoms with van der Waals surface area (Å²) in [5, 5.41) is 10.7. The number of halogens is 2. The van der Waals surface area contributed by atoms with Gasteiger partial charge in [-0.15, -0.1) is 0 Å². The van der Waals surface area contributed by atoms with E-state index in [4.69, 9.17) is 16.7 Å². The number of carbonyl (C=O) groups excluding carboxylic acids is 2.